The standard InChI is InChI=1S/C29H34ClN3O4/c1-36-28-16-27(31)26(30)15-25(28)29(35)32-17-20-11-13-33(14-12-20)18-23(34)19-37-24-9-7-22(8-10-24)21-5-3-2-4-6-21/h2-10,15-16,20,23,34H,11-14,17-19,31H2,1H3,(H,32,35). The van der Waals surface area contributed by atoms with Gasteiger partial charge < -0.3 is 30.5 Å². The fraction of sp³-hybridized carbons (Fsp3) is 0.345. The van der Waals surface area contributed by atoms with Crippen LogP contribution in [0.3, 0.4) is 0 Å². The summed E-state index contributed by atoms with van der Waals surface area (Å²) in [5.41, 5.74) is 8.83. The Morgan fingerprint density at radius 2 is 1.78 bits per heavy atom. The summed E-state index contributed by atoms with van der Waals surface area (Å²) >= 11 is 6.08. The van der Waals surface area contributed by atoms with Crippen LogP contribution in [0, 0.1) is 5.92 Å². The van der Waals surface area contributed by atoms with Crippen molar-refractivity contribution in [2.24, 2.45) is 5.92 Å². The van der Waals surface area contributed by atoms with Crippen LogP contribution in [-0.2, 0) is 0 Å². The maximum absolute atomic E-state index is 12.7. The number of anilines is 1. The smallest absolute Gasteiger partial charge is 0.255 e. The fourth-order valence-electron chi connectivity index (χ4n) is 4.54. The fourth-order valence-corrected chi connectivity index (χ4v) is 4.70. The van der Waals surface area contributed by atoms with Crippen molar-refractivity contribution in [1.82, 2.24) is 10.2 Å². The Balaban J connectivity index is 1.16. The van der Waals surface area contributed by atoms with E-state index in [1.54, 1.807) is 6.07 Å². The molecule has 4 N–H and O–H groups in total. The average molecular weight is 524 g/mol. The molecule has 0 bridgehead atoms. The highest BCUT2D eigenvalue weighted by atomic mass is 35.5. The SMILES string of the molecule is COc1cc(N)c(Cl)cc1C(=O)NCC1CCN(CC(O)COc2ccc(-c3ccccc3)cc2)CC1. The Bertz CT molecular complexity index is 1170. The van der Waals surface area contributed by atoms with Gasteiger partial charge >= 0.3 is 0 Å². The van der Waals surface area contributed by atoms with Crippen molar-refractivity contribution < 1.29 is 19.4 Å². The van der Waals surface area contributed by atoms with Gasteiger partial charge in [-0.1, -0.05) is 54.1 Å². The molecule has 0 saturated carbocycles. The summed E-state index contributed by atoms with van der Waals surface area (Å²) in [5.74, 6) is 1.28. The second kappa shape index (κ2) is 12.8. The Kier molecular flexibility index (Phi) is 9.28. The number of nitrogens with zero attached hydrogens (tertiary/aromatic N) is 1. The number of aliphatic hydroxyl groups excluding tert-OH is 1. The lowest BCUT2D eigenvalue weighted by atomic mass is 9.96. The van der Waals surface area contributed by atoms with E-state index in [1.807, 2.05) is 42.5 Å². The first-order valence-electron chi connectivity index (χ1n) is 12.5. The van der Waals surface area contributed by atoms with Gasteiger partial charge in [-0.25, -0.2) is 0 Å². The summed E-state index contributed by atoms with van der Waals surface area (Å²) in [5, 5.41) is 13.8. The molecule has 0 spiro atoms. The van der Waals surface area contributed by atoms with Crippen molar-refractivity contribution in [2.75, 3.05) is 45.6 Å². The number of likely N-dealkylation sites (tertiary alicyclic amines) is 1. The molecule has 0 aromatic heterocycles. The van der Waals surface area contributed by atoms with Crippen molar-refractivity contribution in [3.63, 3.8) is 0 Å². The number of carbonyl (C=O) groups is 1. The molecular formula is C29H34ClN3O4. The van der Waals surface area contributed by atoms with Crippen LogP contribution in [0.5, 0.6) is 11.5 Å². The highest BCUT2D eigenvalue weighted by molar-refractivity contribution is 6.33. The van der Waals surface area contributed by atoms with E-state index < -0.39 is 6.10 Å². The van der Waals surface area contributed by atoms with Gasteiger partial charge in [-0.3, -0.25) is 4.79 Å². The van der Waals surface area contributed by atoms with E-state index in [4.69, 9.17) is 26.8 Å². The van der Waals surface area contributed by atoms with Gasteiger partial charge in [0.1, 0.15) is 24.2 Å². The molecule has 0 aliphatic carbocycles. The van der Waals surface area contributed by atoms with Crippen molar-refractivity contribution in [2.45, 2.75) is 18.9 Å². The molecule has 3 aromatic carbocycles. The van der Waals surface area contributed by atoms with E-state index in [0.29, 0.717) is 41.0 Å². The number of nitrogens with one attached hydrogen (secondary N) is 1. The Morgan fingerprint density at radius 3 is 2.46 bits per heavy atom. The van der Waals surface area contributed by atoms with Gasteiger partial charge in [0.25, 0.3) is 5.91 Å². The van der Waals surface area contributed by atoms with E-state index in [-0.39, 0.29) is 12.5 Å². The van der Waals surface area contributed by atoms with E-state index in [1.165, 1.54) is 13.2 Å². The molecule has 1 atom stereocenters. The number of carbonyl (C=O) groups excluding carboxylic acids is 1. The molecule has 196 valence electrons. The van der Waals surface area contributed by atoms with E-state index in [0.717, 1.165) is 42.8 Å². The summed E-state index contributed by atoms with van der Waals surface area (Å²) in [6, 6.07) is 21.2. The van der Waals surface area contributed by atoms with Gasteiger partial charge in [0.2, 0.25) is 0 Å². The highest BCUT2D eigenvalue weighted by Crippen LogP contribution is 2.29. The topological polar surface area (TPSA) is 97.0 Å². The molecule has 37 heavy (non-hydrogen) atoms. The second-order valence-electron chi connectivity index (χ2n) is 9.38. The molecule has 0 radical (unpaired) electrons. The number of benzene rings is 3. The van der Waals surface area contributed by atoms with E-state index in [9.17, 15) is 9.90 Å². The minimum Gasteiger partial charge on any atom is -0.496 e. The molecule has 1 aliphatic heterocycles. The van der Waals surface area contributed by atoms with Crippen LogP contribution in [0.1, 0.15) is 23.2 Å². The zero-order chi connectivity index (χ0) is 26.2. The predicted octanol–water partition coefficient (Wildman–Crippen LogP) is 4.48. The average Bonchev–Trinajstić information content (AvgIpc) is 2.93. The molecular weight excluding hydrogens is 490 g/mol. The van der Waals surface area contributed by atoms with Crippen LogP contribution in [0.25, 0.3) is 11.1 Å². The maximum Gasteiger partial charge on any atom is 0.255 e. The number of nitrogen functional groups attached to an aromatic ring is 1. The van der Waals surface area contributed by atoms with Crippen LogP contribution in [-0.4, -0.2) is 61.9 Å². The van der Waals surface area contributed by atoms with Crippen LogP contribution >= 0.6 is 11.6 Å². The highest BCUT2D eigenvalue weighted by Gasteiger charge is 2.23. The molecule has 1 aliphatic rings. The molecule has 1 saturated heterocycles. The number of hydrogen-bond donors (Lipinski definition) is 3. The number of halogens is 1. The number of ether oxygens (including phenoxy) is 2. The van der Waals surface area contributed by atoms with Crippen molar-refractivity contribution >= 4 is 23.2 Å². The second-order valence-corrected chi connectivity index (χ2v) is 9.79. The summed E-state index contributed by atoms with van der Waals surface area (Å²) < 4.78 is 11.1. The minimum atomic E-state index is -0.576. The third kappa shape index (κ3) is 7.38. The van der Waals surface area contributed by atoms with Gasteiger partial charge in [0.15, 0.2) is 0 Å². The number of piperidine rings is 1. The van der Waals surface area contributed by atoms with Crippen molar-refractivity contribution in [1.29, 1.82) is 0 Å². The zero-order valence-corrected chi connectivity index (χ0v) is 21.8. The van der Waals surface area contributed by atoms with Crippen LogP contribution in [0.4, 0.5) is 5.69 Å². The molecule has 1 amide bonds. The van der Waals surface area contributed by atoms with Gasteiger partial charge in [0, 0.05) is 19.2 Å². The van der Waals surface area contributed by atoms with Crippen molar-refractivity contribution in [3.8, 4) is 22.6 Å². The van der Waals surface area contributed by atoms with Crippen LogP contribution in [0.15, 0.2) is 66.7 Å². The number of hydrogen-bond acceptors (Lipinski definition) is 6. The van der Waals surface area contributed by atoms with E-state index in [2.05, 4.69) is 22.3 Å². The van der Waals surface area contributed by atoms with Crippen molar-refractivity contribution in [3.05, 3.63) is 77.3 Å². The predicted molar refractivity (Wildman–Crippen MR) is 147 cm³/mol. The maximum atomic E-state index is 12.7. The molecule has 1 fully saturated rings. The summed E-state index contributed by atoms with van der Waals surface area (Å²) in [7, 11) is 1.50. The van der Waals surface area contributed by atoms with Gasteiger partial charge in [-0.05, 0) is 61.2 Å². The molecule has 1 unspecified atom stereocenters. The summed E-state index contributed by atoms with van der Waals surface area (Å²) in [6.45, 7) is 3.10. The normalized spacial score (nSPS) is 15.2. The molecule has 3 aromatic rings. The molecule has 8 heteroatoms. The monoisotopic (exact) mass is 523 g/mol. The van der Waals surface area contributed by atoms with Crippen LogP contribution < -0.4 is 20.5 Å². The quantitative estimate of drug-likeness (QED) is 0.339. The minimum absolute atomic E-state index is 0.231. The molecule has 7 nitrogen and oxygen atoms in total. The number of amides is 1. The lowest BCUT2D eigenvalue weighted by molar-refractivity contribution is 0.0548. The number of nitrogens with two attached hydrogens (primary N) is 1. The summed E-state index contributed by atoms with van der Waals surface area (Å²) in [6.07, 6.45) is 1.30. The zero-order valence-electron chi connectivity index (χ0n) is 21.0. The number of methoxy groups -OCH3 is 1. The number of rotatable bonds is 10. The first kappa shape index (κ1) is 26.8. The van der Waals surface area contributed by atoms with Gasteiger partial charge in [-0.15, -0.1) is 0 Å². The van der Waals surface area contributed by atoms with Gasteiger partial charge in [-0.2, -0.15) is 0 Å². The first-order valence-corrected chi connectivity index (χ1v) is 12.9. The Labute approximate surface area is 223 Å². The number of β-amino-alcohol motifs (C(OH)–C–C–N with tert-alkyl or cyclic N) is 1. The molecule has 4 rings (SSSR count). The molecule has 1 heterocycles. The Morgan fingerprint density at radius 1 is 1.11 bits per heavy atom. The van der Waals surface area contributed by atoms with Gasteiger partial charge in [0.05, 0.1) is 23.4 Å². The largest absolute Gasteiger partial charge is 0.496 e. The Hall–Kier alpha value is -3.26. The number of aliphatic hydroxyl groups is 1. The van der Waals surface area contributed by atoms with Crippen LogP contribution in [0.2, 0.25) is 5.02 Å². The first-order chi connectivity index (χ1) is 17.9. The third-order valence-electron chi connectivity index (χ3n) is 6.69. The lowest BCUT2D eigenvalue weighted by Crippen LogP contribution is -2.42. The van der Waals surface area contributed by atoms with E-state index >= 15 is 0 Å². The lowest BCUT2D eigenvalue weighted by Gasteiger charge is -2.33. The third-order valence-corrected chi connectivity index (χ3v) is 7.02. The summed E-state index contributed by atoms with van der Waals surface area (Å²) in [4.78, 5) is 14.9.